The zero-order valence-corrected chi connectivity index (χ0v) is 31.7. The molecule has 0 aliphatic rings. The average Bonchev–Trinajstić information content (AvgIpc) is 3.13. The van der Waals surface area contributed by atoms with Crippen LogP contribution in [-0.4, -0.2) is 10.9 Å². The van der Waals surface area contributed by atoms with Crippen LogP contribution in [0.1, 0.15) is 52.7 Å². The Hall–Kier alpha value is -4.48. The summed E-state index contributed by atoms with van der Waals surface area (Å²) >= 11 is 0. The van der Waals surface area contributed by atoms with E-state index in [1.807, 2.05) is 0 Å². The van der Waals surface area contributed by atoms with Gasteiger partial charge in [-0.3, -0.25) is 0 Å². The Labute approximate surface area is 301 Å². The second kappa shape index (κ2) is 15.6. The molecular weight excluding hydrogens is 642 g/mol. The fourth-order valence-corrected chi connectivity index (χ4v) is 10.8. The van der Waals surface area contributed by atoms with Gasteiger partial charge in [0, 0.05) is 15.8 Å². The Morgan fingerprint density at radius 2 is 0.580 bits per heavy atom. The van der Waals surface area contributed by atoms with Gasteiger partial charge in [0.25, 0.3) is 0 Å². The third-order valence-corrected chi connectivity index (χ3v) is 13.5. The monoisotopic (exact) mass is 688 g/mol. The van der Waals surface area contributed by atoms with Crippen LogP contribution in [0.25, 0.3) is 0 Å². The van der Waals surface area contributed by atoms with Crippen molar-refractivity contribution in [2.45, 2.75) is 52.4 Å². The molecule has 6 rings (SSSR count). The molecule has 0 unspecified atom stereocenters. The van der Waals surface area contributed by atoms with Gasteiger partial charge in [0.2, 0.25) is 0 Å². The number of aliphatic imine (C=N–C) groups is 2. The maximum atomic E-state index is 5.69. The first kappa shape index (κ1) is 35.3. The molecule has 6 aromatic carbocycles. The molecule has 6 aromatic rings. The second-order valence-electron chi connectivity index (χ2n) is 14.5. The minimum Gasteiger partial charge on any atom is -0.246 e. The van der Waals surface area contributed by atoms with Crippen LogP contribution in [0.4, 0.5) is 11.4 Å². The van der Waals surface area contributed by atoms with Crippen molar-refractivity contribution in [3.8, 4) is 0 Å². The molecule has 0 aliphatic carbocycles. The van der Waals surface area contributed by atoms with Crippen LogP contribution in [0.3, 0.4) is 0 Å². The fraction of sp³-hybridized carbons (Fsp3) is 0.174. The van der Waals surface area contributed by atoms with Crippen molar-refractivity contribution in [1.82, 2.24) is 0 Å². The first-order valence-electron chi connectivity index (χ1n) is 17.3. The summed E-state index contributed by atoms with van der Waals surface area (Å²) in [7, 11) is -2.21. The third kappa shape index (κ3) is 8.62. The van der Waals surface area contributed by atoms with Crippen molar-refractivity contribution >= 4 is 59.3 Å². The van der Waals surface area contributed by atoms with Crippen LogP contribution in [0.15, 0.2) is 180 Å². The van der Waals surface area contributed by atoms with E-state index in [9.17, 15) is 0 Å². The van der Waals surface area contributed by atoms with E-state index in [0.717, 1.165) is 22.3 Å². The van der Waals surface area contributed by atoms with Gasteiger partial charge < -0.3 is 0 Å². The standard InChI is InChI=1S/C46H46N2P2/c1-45(2,3)35-27-31-37(32-28-35)47-43(49(39-19-11-7-12-20-39)40-21-13-8-14-22-40)44(48-38-33-29-36(30-34-38)46(4,5)6)50(41-23-15-9-16-24-41)42-25-17-10-18-26-42/h7-34H,1-6H3. The molecule has 0 spiro atoms. The van der Waals surface area contributed by atoms with E-state index in [0.29, 0.717) is 0 Å². The van der Waals surface area contributed by atoms with Crippen molar-refractivity contribution in [2.24, 2.45) is 9.98 Å². The number of hydrogen-bond donors (Lipinski definition) is 0. The summed E-state index contributed by atoms with van der Waals surface area (Å²) in [5.41, 5.74) is 6.56. The lowest BCUT2D eigenvalue weighted by Crippen LogP contribution is -2.28. The van der Waals surface area contributed by atoms with Crippen LogP contribution in [-0.2, 0) is 10.8 Å². The largest absolute Gasteiger partial charge is 0.246 e. The van der Waals surface area contributed by atoms with Crippen LogP contribution in [0.5, 0.6) is 0 Å². The molecule has 0 amide bonds. The van der Waals surface area contributed by atoms with Gasteiger partial charge in [0.05, 0.1) is 22.3 Å². The number of hydrogen-bond acceptors (Lipinski definition) is 2. The van der Waals surface area contributed by atoms with Gasteiger partial charge >= 0.3 is 0 Å². The molecule has 0 saturated heterocycles. The molecule has 0 aliphatic heterocycles. The van der Waals surface area contributed by atoms with E-state index in [-0.39, 0.29) is 10.8 Å². The zero-order chi connectivity index (χ0) is 35.1. The highest BCUT2D eigenvalue weighted by atomic mass is 31.1. The van der Waals surface area contributed by atoms with Crippen LogP contribution in [0.2, 0.25) is 0 Å². The summed E-state index contributed by atoms with van der Waals surface area (Å²) in [6, 6.07) is 61.1. The quantitative estimate of drug-likeness (QED) is 0.107. The van der Waals surface area contributed by atoms with E-state index < -0.39 is 15.8 Å². The Morgan fingerprint density at radius 1 is 0.340 bits per heavy atom. The number of rotatable bonds is 9. The van der Waals surface area contributed by atoms with Crippen molar-refractivity contribution in [3.63, 3.8) is 0 Å². The van der Waals surface area contributed by atoms with E-state index in [2.05, 4.69) is 211 Å². The van der Waals surface area contributed by atoms with E-state index >= 15 is 0 Å². The van der Waals surface area contributed by atoms with Crippen molar-refractivity contribution < 1.29 is 0 Å². The molecule has 0 fully saturated rings. The average molecular weight is 689 g/mol. The summed E-state index contributed by atoms with van der Waals surface area (Å²) in [5.74, 6) is 0. The number of benzene rings is 6. The highest BCUT2D eigenvalue weighted by molar-refractivity contribution is 8.00. The Bertz CT molecular complexity index is 1790. The lowest BCUT2D eigenvalue weighted by Gasteiger charge is -2.28. The molecular formula is C46H46N2P2. The van der Waals surface area contributed by atoms with Gasteiger partial charge in [-0.15, -0.1) is 0 Å². The summed E-state index contributed by atoms with van der Waals surface area (Å²) in [6.07, 6.45) is 0. The molecule has 0 saturated carbocycles. The predicted molar refractivity (Wildman–Crippen MR) is 223 cm³/mol. The summed E-state index contributed by atoms with van der Waals surface area (Å²) in [4.78, 5) is 11.4. The lowest BCUT2D eigenvalue weighted by atomic mass is 9.87. The topological polar surface area (TPSA) is 24.7 Å². The number of nitrogens with zero attached hydrogens (tertiary/aromatic N) is 2. The molecule has 4 heteroatoms. The second-order valence-corrected chi connectivity index (χ2v) is 18.7. The molecule has 0 aromatic heterocycles. The Morgan fingerprint density at radius 3 is 0.800 bits per heavy atom. The van der Waals surface area contributed by atoms with E-state index in [1.54, 1.807) is 0 Å². The van der Waals surface area contributed by atoms with Crippen LogP contribution < -0.4 is 21.2 Å². The minimum absolute atomic E-state index is 0.0482. The third-order valence-electron chi connectivity index (χ3n) is 8.62. The lowest BCUT2D eigenvalue weighted by molar-refractivity contribution is 0.590. The van der Waals surface area contributed by atoms with Gasteiger partial charge in [0.15, 0.2) is 0 Å². The van der Waals surface area contributed by atoms with Crippen molar-refractivity contribution in [1.29, 1.82) is 0 Å². The molecule has 2 nitrogen and oxygen atoms in total. The van der Waals surface area contributed by atoms with Gasteiger partial charge in [-0.05, 0) is 67.4 Å². The van der Waals surface area contributed by atoms with Gasteiger partial charge in [-0.2, -0.15) is 0 Å². The summed E-state index contributed by atoms with van der Waals surface area (Å²) in [5, 5.41) is 4.97. The normalized spacial score (nSPS) is 12.8. The van der Waals surface area contributed by atoms with Crippen LogP contribution in [0, 0.1) is 0 Å². The minimum atomic E-state index is -1.11. The smallest absolute Gasteiger partial charge is 0.0993 e. The molecule has 0 N–H and O–H groups in total. The molecule has 0 bridgehead atoms. The van der Waals surface area contributed by atoms with Gasteiger partial charge in [-0.25, -0.2) is 9.98 Å². The molecule has 0 heterocycles. The van der Waals surface area contributed by atoms with Crippen molar-refractivity contribution in [3.05, 3.63) is 181 Å². The van der Waals surface area contributed by atoms with Crippen molar-refractivity contribution in [2.75, 3.05) is 0 Å². The molecule has 0 radical (unpaired) electrons. The van der Waals surface area contributed by atoms with Gasteiger partial charge in [-0.1, -0.05) is 187 Å². The zero-order valence-electron chi connectivity index (χ0n) is 30.0. The first-order valence-corrected chi connectivity index (χ1v) is 20.0. The molecule has 50 heavy (non-hydrogen) atoms. The Balaban J connectivity index is 1.69. The first-order chi connectivity index (χ1) is 24.1. The highest BCUT2D eigenvalue weighted by Gasteiger charge is 2.32. The summed E-state index contributed by atoms with van der Waals surface area (Å²) in [6.45, 7) is 13.5. The fourth-order valence-electron chi connectivity index (χ4n) is 5.81. The predicted octanol–water partition coefficient (Wildman–Crippen LogP) is 11.3. The molecule has 250 valence electrons. The van der Waals surface area contributed by atoms with Crippen LogP contribution >= 0.6 is 15.8 Å². The summed E-state index contributed by atoms with van der Waals surface area (Å²) < 4.78 is 0. The Kier molecular flexibility index (Phi) is 11.0. The maximum Gasteiger partial charge on any atom is 0.0993 e. The van der Waals surface area contributed by atoms with E-state index in [4.69, 9.17) is 9.98 Å². The maximum absolute atomic E-state index is 5.69. The molecule has 0 atom stereocenters. The highest BCUT2D eigenvalue weighted by Crippen LogP contribution is 2.47. The van der Waals surface area contributed by atoms with E-state index in [1.165, 1.54) is 32.3 Å². The van der Waals surface area contributed by atoms with Gasteiger partial charge in [0.1, 0.15) is 0 Å². The SMILES string of the molecule is CC(C)(C)c1ccc(N=C(C(=Nc2ccc(C(C)(C)C)cc2)P(c2ccccc2)c2ccccc2)P(c2ccccc2)c2ccccc2)cc1.